The standard InChI is InChI=1S/C9H6N2O/c1-7-4-9(11-6-12)3-2-8(7)5-10/h2-4H,1H3. The van der Waals surface area contributed by atoms with Gasteiger partial charge in [-0.2, -0.15) is 10.3 Å². The highest BCUT2D eigenvalue weighted by molar-refractivity contribution is 5.53. The Morgan fingerprint density at radius 2 is 2.25 bits per heavy atom. The van der Waals surface area contributed by atoms with E-state index in [0.29, 0.717) is 11.3 Å². The third-order valence-electron chi connectivity index (χ3n) is 1.51. The third kappa shape index (κ3) is 1.57. The summed E-state index contributed by atoms with van der Waals surface area (Å²) < 4.78 is 0. The van der Waals surface area contributed by atoms with Gasteiger partial charge in [-0.3, -0.25) is 0 Å². The average molecular weight is 158 g/mol. The fourth-order valence-corrected chi connectivity index (χ4v) is 0.896. The zero-order valence-corrected chi connectivity index (χ0v) is 6.53. The molecule has 1 aromatic carbocycles. The summed E-state index contributed by atoms with van der Waals surface area (Å²) in [5.74, 6) is 0. The average Bonchev–Trinajstić information content (AvgIpc) is 2.05. The highest BCUT2D eigenvalue weighted by Crippen LogP contribution is 2.16. The molecule has 0 unspecified atom stereocenters. The molecule has 0 saturated carbocycles. The highest BCUT2D eigenvalue weighted by Gasteiger charge is 1.96. The van der Waals surface area contributed by atoms with Crippen molar-refractivity contribution in [2.45, 2.75) is 6.92 Å². The minimum Gasteiger partial charge on any atom is -0.211 e. The number of carbonyl (C=O) groups excluding carboxylic acids is 1. The van der Waals surface area contributed by atoms with Crippen molar-refractivity contribution in [1.82, 2.24) is 0 Å². The van der Waals surface area contributed by atoms with E-state index >= 15 is 0 Å². The summed E-state index contributed by atoms with van der Waals surface area (Å²) in [6.45, 7) is 1.79. The van der Waals surface area contributed by atoms with Crippen molar-refractivity contribution in [3.63, 3.8) is 0 Å². The van der Waals surface area contributed by atoms with Crippen LogP contribution >= 0.6 is 0 Å². The first kappa shape index (κ1) is 8.19. The van der Waals surface area contributed by atoms with Crippen LogP contribution < -0.4 is 0 Å². The zero-order chi connectivity index (χ0) is 8.97. The maximum Gasteiger partial charge on any atom is 0.240 e. The van der Waals surface area contributed by atoms with Crippen LogP contribution in [-0.4, -0.2) is 6.08 Å². The second-order valence-electron chi connectivity index (χ2n) is 2.31. The predicted molar refractivity (Wildman–Crippen MR) is 43.7 cm³/mol. The second kappa shape index (κ2) is 3.47. The normalized spacial score (nSPS) is 8.33. The van der Waals surface area contributed by atoms with Crippen molar-refractivity contribution in [2.24, 2.45) is 4.99 Å². The molecule has 0 spiro atoms. The second-order valence-corrected chi connectivity index (χ2v) is 2.31. The Morgan fingerprint density at radius 1 is 1.50 bits per heavy atom. The van der Waals surface area contributed by atoms with E-state index < -0.39 is 0 Å². The van der Waals surface area contributed by atoms with E-state index in [-0.39, 0.29) is 0 Å². The van der Waals surface area contributed by atoms with Crippen molar-refractivity contribution >= 4 is 11.8 Å². The smallest absolute Gasteiger partial charge is 0.211 e. The molecule has 0 radical (unpaired) electrons. The van der Waals surface area contributed by atoms with Gasteiger partial charge in [-0.05, 0) is 30.7 Å². The van der Waals surface area contributed by atoms with Crippen molar-refractivity contribution in [3.8, 4) is 6.07 Å². The van der Waals surface area contributed by atoms with Crippen LogP contribution in [-0.2, 0) is 4.79 Å². The summed E-state index contributed by atoms with van der Waals surface area (Å²) in [5.41, 5.74) is 1.94. The summed E-state index contributed by atoms with van der Waals surface area (Å²) in [6, 6.07) is 6.93. The highest BCUT2D eigenvalue weighted by atomic mass is 16.1. The summed E-state index contributed by atoms with van der Waals surface area (Å²) >= 11 is 0. The number of isocyanates is 1. The molecule has 0 aliphatic heterocycles. The molecule has 0 N–H and O–H groups in total. The molecule has 0 amide bonds. The largest absolute Gasteiger partial charge is 0.240 e. The number of nitriles is 1. The lowest BCUT2D eigenvalue weighted by Crippen LogP contribution is -1.79. The van der Waals surface area contributed by atoms with Crippen LogP contribution in [0.1, 0.15) is 11.1 Å². The summed E-state index contributed by atoms with van der Waals surface area (Å²) in [5, 5.41) is 8.58. The summed E-state index contributed by atoms with van der Waals surface area (Å²) in [6.07, 6.45) is 1.44. The Bertz CT molecular complexity index is 384. The van der Waals surface area contributed by atoms with E-state index in [1.54, 1.807) is 25.1 Å². The molecule has 0 fully saturated rings. The van der Waals surface area contributed by atoms with Gasteiger partial charge in [0.1, 0.15) is 0 Å². The van der Waals surface area contributed by atoms with Gasteiger partial charge in [0.15, 0.2) is 0 Å². The number of aliphatic imine (C=N–C) groups is 1. The van der Waals surface area contributed by atoms with Gasteiger partial charge in [-0.25, -0.2) is 4.79 Å². The van der Waals surface area contributed by atoms with Gasteiger partial charge in [0.2, 0.25) is 6.08 Å². The molecule has 12 heavy (non-hydrogen) atoms. The number of aryl methyl sites for hydroxylation is 1. The number of rotatable bonds is 1. The van der Waals surface area contributed by atoms with Crippen LogP contribution in [0.15, 0.2) is 23.2 Å². The lowest BCUT2D eigenvalue weighted by Gasteiger charge is -1.95. The Balaban J connectivity index is 3.20. The number of hydrogen-bond acceptors (Lipinski definition) is 3. The van der Waals surface area contributed by atoms with Gasteiger partial charge in [-0.15, -0.1) is 0 Å². The Morgan fingerprint density at radius 3 is 2.75 bits per heavy atom. The van der Waals surface area contributed by atoms with E-state index in [1.807, 2.05) is 6.07 Å². The van der Waals surface area contributed by atoms with Gasteiger partial charge in [-0.1, -0.05) is 0 Å². The minimum absolute atomic E-state index is 0.529. The van der Waals surface area contributed by atoms with Crippen LogP contribution in [0.2, 0.25) is 0 Å². The first-order valence-corrected chi connectivity index (χ1v) is 3.36. The van der Waals surface area contributed by atoms with E-state index in [1.165, 1.54) is 6.08 Å². The Kier molecular flexibility index (Phi) is 2.37. The van der Waals surface area contributed by atoms with Crippen molar-refractivity contribution in [3.05, 3.63) is 29.3 Å². The number of hydrogen-bond donors (Lipinski definition) is 0. The molecule has 0 atom stereocenters. The first-order valence-electron chi connectivity index (χ1n) is 3.36. The molecule has 1 rings (SSSR count). The van der Waals surface area contributed by atoms with Crippen molar-refractivity contribution in [2.75, 3.05) is 0 Å². The topological polar surface area (TPSA) is 53.2 Å². The molecule has 0 aliphatic carbocycles. The van der Waals surface area contributed by atoms with Crippen LogP contribution in [0.5, 0.6) is 0 Å². The summed E-state index contributed by atoms with van der Waals surface area (Å²) in [4.78, 5) is 13.3. The van der Waals surface area contributed by atoms with Crippen LogP contribution in [0.4, 0.5) is 5.69 Å². The quantitative estimate of drug-likeness (QED) is 0.462. The third-order valence-corrected chi connectivity index (χ3v) is 1.51. The van der Waals surface area contributed by atoms with E-state index in [2.05, 4.69) is 4.99 Å². The van der Waals surface area contributed by atoms with Gasteiger partial charge >= 0.3 is 0 Å². The summed E-state index contributed by atoms with van der Waals surface area (Å²) in [7, 11) is 0. The molecule has 1 aromatic rings. The molecule has 0 saturated heterocycles. The SMILES string of the molecule is Cc1cc(N=C=O)ccc1C#N. The van der Waals surface area contributed by atoms with Gasteiger partial charge in [0.05, 0.1) is 17.3 Å². The lowest BCUT2D eigenvalue weighted by atomic mass is 10.1. The van der Waals surface area contributed by atoms with E-state index in [9.17, 15) is 4.79 Å². The molecular weight excluding hydrogens is 152 g/mol. The Hall–Kier alpha value is -1.91. The van der Waals surface area contributed by atoms with Crippen molar-refractivity contribution < 1.29 is 4.79 Å². The molecule has 3 heteroatoms. The first-order chi connectivity index (χ1) is 5.77. The Labute approximate surface area is 70.0 Å². The molecule has 3 nitrogen and oxygen atoms in total. The van der Waals surface area contributed by atoms with Gasteiger partial charge in [0, 0.05) is 0 Å². The van der Waals surface area contributed by atoms with Crippen LogP contribution in [0.25, 0.3) is 0 Å². The number of nitrogens with zero attached hydrogens (tertiary/aromatic N) is 2. The zero-order valence-electron chi connectivity index (χ0n) is 6.53. The molecule has 0 heterocycles. The molecule has 0 aliphatic rings. The molecular formula is C9H6N2O. The maximum atomic E-state index is 9.88. The van der Waals surface area contributed by atoms with Crippen LogP contribution in [0.3, 0.4) is 0 Å². The fraction of sp³-hybridized carbons (Fsp3) is 0.111. The molecule has 0 bridgehead atoms. The monoisotopic (exact) mass is 158 g/mol. The van der Waals surface area contributed by atoms with Gasteiger partial charge < -0.3 is 0 Å². The molecule has 58 valence electrons. The predicted octanol–water partition coefficient (Wildman–Crippen LogP) is 1.83. The van der Waals surface area contributed by atoms with E-state index in [0.717, 1.165) is 5.56 Å². The van der Waals surface area contributed by atoms with E-state index in [4.69, 9.17) is 5.26 Å². The lowest BCUT2D eigenvalue weighted by molar-refractivity contribution is 0.565. The number of benzene rings is 1. The van der Waals surface area contributed by atoms with Gasteiger partial charge in [0.25, 0.3) is 0 Å². The maximum absolute atomic E-state index is 9.88. The fourth-order valence-electron chi connectivity index (χ4n) is 0.896. The van der Waals surface area contributed by atoms with Crippen molar-refractivity contribution in [1.29, 1.82) is 5.26 Å². The van der Waals surface area contributed by atoms with Crippen LogP contribution in [0, 0.1) is 18.3 Å². The minimum atomic E-state index is 0.529. The molecule has 0 aromatic heterocycles.